The first-order valence-electron chi connectivity index (χ1n) is 6.12. The highest BCUT2D eigenvalue weighted by Gasteiger charge is 2.17. The summed E-state index contributed by atoms with van der Waals surface area (Å²) in [5.74, 6) is -0.0643. The predicted octanol–water partition coefficient (Wildman–Crippen LogP) is 2.21. The van der Waals surface area contributed by atoms with Crippen LogP contribution in [0.2, 0.25) is 0 Å². The maximum absolute atomic E-state index is 11.9. The van der Waals surface area contributed by atoms with Gasteiger partial charge in [0.05, 0.1) is 3.79 Å². The van der Waals surface area contributed by atoms with E-state index in [0.29, 0.717) is 9.54 Å². The third-order valence-corrected chi connectivity index (χ3v) is 5.89. The molecule has 0 saturated heterocycles. The Morgan fingerprint density at radius 2 is 1.91 bits per heavy atom. The normalized spacial score (nSPS) is 11.2. The number of sulfonamides is 1. The number of hydrazine groups is 1. The molecule has 1 heterocycles. The van der Waals surface area contributed by atoms with Gasteiger partial charge in [-0.25, -0.2) is 8.42 Å². The molecular formula is C13H13BrN2O4S2. The fourth-order valence-corrected chi connectivity index (χ4v) is 4.31. The molecule has 0 fully saturated rings. The highest BCUT2D eigenvalue weighted by atomic mass is 79.9. The summed E-state index contributed by atoms with van der Waals surface area (Å²) in [6.07, 6.45) is 0. The standard InChI is InChI=1S/C13H13BrN2O4S2/c1-9-2-4-10(5-3-9)20-8-12(17)15-16-22(18,19)13-7-6-11(14)21-13/h2-7,16H,8H2,1H3,(H,15,17). The number of rotatable bonds is 6. The number of carbonyl (C=O) groups excluding carboxylic acids is 1. The van der Waals surface area contributed by atoms with E-state index in [4.69, 9.17) is 4.74 Å². The summed E-state index contributed by atoms with van der Waals surface area (Å²) in [6.45, 7) is 1.65. The zero-order valence-electron chi connectivity index (χ0n) is 11.5. The Hall–Kier alpha value is -1.42. The Bertz CT molecular complexity index is 757. The third-order valence-electron chi connectivity index (χ3n) is 2.53. The van der Waals surface area contributed by atoms with Crippen LogP contribution in [0.25, 0.3) is 0 Å². The fourth-order valence-electron chi connectivity index (χ4n) is 1.44. The summed E-state index contributed by atoms with van der Waals surface area (Å²) >= 11 is 4.22. The molecule has 0 radical (unpaired) electrons. The molecule has 1 aromatic carbocycles. The first-order valence-corrected chi connectivity index (χ1v) is 9.21. The number of carbonyl (C=O) groups is 1. The lowest BCUT2D eigenvalue weighted by Gasteiger charge is -2.08. The average Bonchev–Trinajstić information content (AvgIpc) is 2.92. The second kappa shape index (κ2) is 7.23. The smallest absolute Gasteiger partial charge is 0.272 e. The second-order valence-electron chi connectivity index (χ2n) is 4.31. The van der Waals surface area contributed by atoms with E-state index >= 15 is 0 Å². The van der Waals surface area contributed by atoms with Crippen molar-refractivity contribution in [1.29, 1.82) is 0 Å². The minimum absolute atomic E-state index is 0.0964. The van der Waals surface area contributed by atoms with Gasteiger partial charge < -0.3 is 4.74 Å². The molecule has 22 heavy (non-hydrogen) atoms. The van der Waals surface area contributed by atoms with Gasteiger partial charge in [-0.05, 0) is 47.1 Å². The summed E-state index contributed by atoms with van der Waals surface area (Å²) in [5.41, 5.74) is 3.18. The molecular weight excluding hydrogens is 392 g/mol. The number of halogens is 1. The van der Waals surface area contributed by atoms with Gasteiger partial charge in [0.15, 0.2) is 6.61 Å². The molecule has 118 valence electrons. The predicted molar refractivity (Wildman–Crippen MR) is 87.2 cm³/mol. The van der Waals surface area contributed by atoms with Crippen LogP contribution in [-0.4, -0.2) is 20.9 Å². The average molecular weight is 405 g/mol. The summed E-state index contributed by atoms with van der Waals surface area (Å²) in [4.78, 5) is 13.6. The first-order chi connectivity index (χ1) is 10.4. The monoisotopic (exact) mass is 404 g/mol. The van der Waals surface area contributed by atoms with E-state index < -0.39 is 15.9 Å². The van der Waals surface area contributed by atoms with E-state index in [9.17, 15) is 13.2 Å². The van der Waals surface area contributed by atoms with Crippen molar-refractivity contribution in [3.05, 3.63) is 45.7 Å². The molecule has 0 aliphatic rings. The van der Waals surface area contributed by atoms with Crippen LogP contribution in [0, 0.1) is 6.92 Å². The molecule has 2 rings (SSSR count). The fraction of sp³-hybridized carbons (Fsp3) is 0.154. The van der Waals surface area contributed by atoms with Gasteiger partial charge in [0.2, 0.25) is 0 Å². The minimum atomic E-state index is -3.77. The summed E-state index contributed by atoms with van der Waals surface area (Å²) in [6, 6.07) is 10.2. The Morgan fingerprint density at radius 1 is 1.23 bits per heavy atom. The number of hydrogen-bond acceptors (Lipinski definition) is 5. The van der Waals surface area contributed by atoms with E-state index in [1.54, 1.807) is 18.2 Å². The lowest BCUT2D eigenvalue weighted by Crippen LogP contribution is -2.43. The number of amides is 1. The van der Waals surface area contributed by atoms with Gasteiger partial charge in [0, 0.05) is 0 Å². The zero-order chi connectivity index (χ0) is 16.2. The van der Waals surface area contributed by atoms with Gasteiger partial charge in [-0.1, -0.05) is 17.7 Å². The van der Waals surface area contributed by atoms with Crippen molar-refractivity contribution in [2.45, 2.75) is 11.1 Å². The van der Waals surface area contributed by atoms with Gasteiger partial charge in [-0.3, -0.25) is 10.2 Å². The van der Waals surface area contributed by atoms with Crippen molar-refractivity contribution in [2.24, 2.45) is 0 Å². The second-order valence-corrected chi connectivity index (χ2v) is 8.69. The van der Waals surface area contributed by atoms with E-state index in [2.05, 4.69) is 21.4 Å². The quantitative estimate of drug-likeness (QED) is 0.722. The number of aryl methyl sites for hydroxylation is 1. The van der Waals surface area contributed by atoms with Crippen LogP contribution in [0.3, 0.4) is 0 Å². The molecule has 0 bridgehead atoms. The van der Waals surface area contributed by atoms with Crippen molar-refractivity contribution in [1.82, 2.24) is 10.3 Å². The van der Waals surface area contributed by atoms with Crippen LogP contribution in [-0.2, 0) is 14.8 Å². The van der Waals surface area contributed by atoms with Crippen LogP contribution < -0.4 is 15.0 Å². The minimum Gasteiger partial charge on any atom is -0.484 e. The Balaban J connectivity index is 1.83. The molecule has 1 aromatic heterocycles. The van der Waals surface area contributed by atoms with Crippen molar-refractivity contribution in [2.75, 3.05) is 6.61 Å². The van der Waals surface area contributed by atoms with Crippen LogP contribution in [0.4, 0.5) is 0 Å². The van der Waals surface area contributed by atoms with Gasteiger partial charge in [-0.2, -0.15) is 0 Å². The van der Waals surface area contributed by atoms with E-state index in [-0.39, 0.29) is 10.8 Å². The molecule has 2 aromatic rings. The molecule has 2 N–H and O–H groups in total. The van der Waals surface area contributed by atoms with Gasteiger partial charge in [-0.15, -0.1) is 16.2 Å². The van der Waals surface area contributed by atoms with Crippen LogP contribution in [0.1, 0.15) is 5.56 Å². The van der Waals surface area contributed by atoms with Crippen molar-refractivity contribution >= 4 is 43.2 Å². The number of hydrogen-bond donors (Lipinski definition) is 2. The van der Waals surface area contributed by atoms with E-state index in [0.717, 1.165) is 16.9 Å². The molecule has 1 amide bonds. The van der Waals surface area contributed by atoms with E-state index in [1.165, 1.54) is 6.07 Å². The lowest BCUT2D eigenvalue weighted by atomic mass is 10.2. The van der Waals surface area contributed by atoms with Crippen molar-refractivity contribution in [3.8, 4) is 5.75 Å². The highest BCUT2D eigenvalue weighted by molar-refractivity contribution is 9.11. The van der Waals surface area contributed by atoms with E-state index in [1.807, 2.05) is 23.9 Å². The first kappa shape index (κ1) is 16.9. The molecule has 0 spiro atoms. The maximum Gasteiger partial charge on any atom is 0.272 e. The van der Waals surface area contributed by atoms with Gasteiger partial charge in [0.25, 0.3) is 15.9 Å². The summed E-state index contributed by atoms with van der Waals surface area (Å²) in [5, 5.41) is 0. The molecule has 9 heteroatoms. The van der Waals surface area contributed by atoms with Gasteiger partial charge >= 0.3 is 0 Å². The number of benzene rings is 1. The summed E-state index contributed by atoms with van der Waals surface area (Å²) < 4.78 is 29.8. The van der Waals surface area contributed by atoms with Crippen molar-refractivity contribution in [3.63, 3.8) is 0 Å². The number of nitrogens with one attached hydrogen (secondary N) is 2. The van der Waals surface area contributed by atoms with Gasteiger partial charge in [0.1, 0.15) is 9.96 Å². The highest BCUT2D eigenvalue weighted by Crippen LogP contribution is 2.25. The molecule has 0 aliphatic heterocycles. The lowest BCUT2D eigenvalue weighted by molar-refractivity contribution is -0.123. The maximum atomic E-state index is 11.9. The van der Waals surface area contributed by atoms with Crippen LogP contribution >= 0.6 is 27.3 Å². The SMILES string of the molecule is Cc1ccc(OCC(=O)NNS(=O)(=O)c2ccc(Br)s2)cc1. The van der Waals surface area contributed by atoms with Crippen LogP contribution in [0.5, 0.6) is 5.75 Å². The largest absolute Gasteiger partial charge is 0.484 e. The topological polar surface area (TPSA) is 84.5 Å². The number of thiophene rings is 1. The Labute approximate surface area is 140 Å². The Kier molecular flexibility index (Phi) is 5.57. The molecule has 0 unspecified atom stereocenters. The molecule has 6 nitrogen and oxygen atoms in total. The summed E-state index contributed by atoms with van der Waals surface area (Å²) in [7, 11) is -3.77. The number of ether oxygens (including phenoxy) is 1. The zero-order valence-corrected chi connectivity index (χ0v) is 14.7. The molecule has 0 aliphatic carbocycles. The molecule has 0 saturated carbocycles. The van der Waals surface area contributed by atoms with Crippen LogP contribution in [0.15, 0.2) is 44.4 Å². The third kappa shape index (κ3) is 4.80. The van der Waals surface area contributed by atoms with Crippen molar-refractivity contribution < 1.29 is 17.9 Å². The Morgan fingerprint density at radius 3 is 2.50 bits per heavy atom. The molecule has 0 atom stereocenters.